The minimum Gasteiger partial charge on any atom is -0.477 e. The van der Waals surface area contributed by atoms with Gasteiger partial charge in [-0.3, -0.25) is 4.98 Å². The first-order valence-corrected chi connectivity index (χ1v) is 7.35. The molecule has 0 spiro atoms. The van der Waals surface area contributed by atoms with Crippen LogP contribution in [0.5, 0.6) is 5.88 Å². The number of anilines is 1. The van der Waals surface area contributed by atoms with Crippen molar-refractivity contribution in [1.82, 2.24) is 15.3 Å². The molecule has 20 heavy (non-hydrogen) atoms. The molecular formula is C14H24N4O2. The van der Waals surface area contributed by atoms with Gasteiger partial charge in [-0.05, 0) is 19.9 Å². The Morgan fingerprint density at radius 2 is 2.35 bits per heavy atom. The Morgan fingerprint density at radius 1 is 1.45 bits per heavy atom. The molecule has 0 amide bonds. The summed E-state index contributed by atoms with van der Waals surface area (Å²) < 4.78 is 11.0. The molecule has 1 aliphatic rings. The molecule has 1 fully saturated rings. The van der Waals surface area contributed by atoms with E-state index in [4.69, 9.17) is 9.47 Å². The summed E-state index contributed by atoms with van der Waals surface area (Å²) in [6.45, 7) is 8.91. The van der Waals surface area contributed by atoms with Gasteiger partial charge < -0.3 is 19.7 Å². The lowest BCUT2D eigenvalue weighted by Gasteiger charge is -2.36. The van der Waals surface area contributed by atoms with Gasteiger partial charge in [0.1, 0.15) is 0 Å². The average molecular weight is 280 g/mol. The van der Waals surface area contributed by atoms with Gasteiger partial charge >= 0.3 is 0 Å². The van der Waals surface area contributed by atoms with Crippen LogP contribution >= 0.6 is 0 Å². The van der Waals surface area contributed by atoms with Gasteiger partial charge in [-0.25, -0.2) is 0 Å². The zero-order valence-corrected chi connectivity index (χ0v) is 12.3. The second-order valence-corrected chi connectivity index (χ2v) is 4.77. The first-order valence-electron chi connectivity index (χ1n) is 7.35. The molecule has 0 bridgehead atoms. The van der Waals surface area contributed by atoms with Crippen molar-refractivity contribution in [2.24, 2.45) is 0 Å². The predicted molar refractivity (Wildman–Crippen MR) is 78.3 cm³/mol. The average Bonchev–Trinajstić information content (AvgIpc) is 2.49. The Hall–Kier alpha value is -1.40. The normalized spacial score (nSPS) is 19.1. The van der Waals surface area contributed by atoms with Crippen molar-refractivity contribution in [2.45, 2.75) is 26.3 Å². The summed E-state index contributed by atoms with van der Waals surface area (Å²) >= 11 is 0. The fourth-order valence-corrected chi connectivity index (χ4v) is 2.27. The highest BCUT2D eigenvalue weighted by Crippen LogP contribution is 2.18. The van der Waals surface area contributed by atoms with Crippen molar-refractivity contribution < 1.29 is 9.47 Å². The fraction of sp³-hybridized carbons (Fsp3) is 0.714. The van der Waals surface area contributed by atoms with Crippen LogP contribution in [0, 0.1) is 0 Å². The molecule has 0 aromatic carbocycles. The number of nitrogens with zero attached hydrogens (tertiary/aromatic N) is 3. The van der Waals surface area contributed by atoms with Crippen LogP contribution in [0.2, 0.25) is 0 Å². The zero-order chi connectivity index (χ0) is 14.2. The summed E-state index contributed by atoms with van der Waals surface area (Å²) in [5.74, 6) is 1.44. The molecular weight excluding hydrogens is 256 g/mol. The van der Waals surface area contributed by atoms with Gasteiger partial charge in [0.2, 0.25) is 5.88 Å². The molecule has 1 N–H and O–H groups in total. The molecule has 0 aliphatic carbocycles. The van der Waals surface area contributed by atoms with E-state index in [0.717, 1.165) is 45.1 Å². The van der Waals surface area contributed by atoms with E-state index in [-0.39, 0.29) is 0 Å². The molecule has 6 heteroatoms. The number of morpholine rings is 1. The molecule has 1 aromatic heterocycles. The van der Waals surface area contributed by atoms with Gasteiger partial charge in [-0.2, -0.15) is 4.98 Å². The number of rotatable bonds is 7. The summed E-state index contributed by atoms with van der Waals surface area (Å²) in [5.41, 5.74) is 0. The largest absolute Gasteiger partial charge is 0.477 e. The lowest BCUT2D eigenvalue weighted by molar-refractivity contribution is 0.0932. The van der Waals surface area contributed by atoms with Gasteiger partial charge in [0, 0.05) is 13.1 Å². The first kappa shape index (κ1) is 15.0. The summed E-state index contributed by atoms with van der Waals surface area (Å²) in [4.78, 5) is 11.0. The van der Waals surface area contributed by atoms with E-state index >= 15 is 0 Å². The van der Waals surface area contributed by atoms with Crippen LogP contribution in [0.3, 0.4) is 0 Å². The van der Waals surface area contributed by atoms with Gasteiger partial charge in [0.25, 0.3) is 0 Å². The molecule has 1 atom stereocenters. The van der Waals surface area contributed by atoms with E-state index in [1.165, 1.54) is 0 Å². The third-order valence-corrected chi connectivity index (χ3v) is 3.22. The highest BCUT2D eigenvalue weighted by Gasteiger charge is 2.24. The van der Waals surface area contributed by atoms with E-state index in [9.17, 15) is 0 Å². The van der Waals surface area contributed by atoms with Crippen LogP contribution in [-0.2, 0) is 4.74 Å². The van der Waals surface area contributed by atoms with Crippen LogP contribution in [-0.4, -0.2) is 55.5 Å². The van der Waals surface area contributed by atoms with Crippen LogP contribution in [0.4, 0.5) is 5.82 Å². The van der Waals surface area contributed by atoms with Gasteiger partial charge in [-0.1, -0.05) is 6.92 Å². The van der Waals surface area contributed by atoms with Crippen molar-refractivity contribution in [3.63, 3.8) is 0 Å². The number of hydrogen-bond donors (Lipinski definition) is 1. The Bertz CT molecular complexity index is 403. The number of nitrogens with one attached hydrogen (secondary N) is 1. The SMILES string of the molecule is CCCNCC1COCCN1c1cncc(OCC)n1. The maximum Gasteiger partial charge on any atom is 0.234 e. The Labute approximate surface area is 120 Å². The Balaban J connectivity index is 2.04. The summed E-state index contributed by atoms with van der Waals surface area (Å²) in [6, 6.07) is 0.293. The first-order chi connectivity index (χ1) is 9.85. The van der Waals surface area contributed by atoms with Crippen molar-refractivity contribution in [1.29, 1.82) is 0 Å². The third-order valence-electron chi connectivity index (χ3n) is 3.22. The highest BCUT2D eigenvalue weighted by molar-refractivity contribution is 5.39. The topological polar surface area (TPSA) is 59.5 Å². The lowest BCUT2D eigenvalue weighted by atomic mass is 10.2. The van der Waals surface area contributed by atoms with Gasteiger partial charge in [-0.15, -0.1) is 0 Å². The molecule has 6 nitrogen and oxygen atoms in total. The smallest absolute Gasteiger partial charge is 0.234 e. The summed E-state index contributed by atoms with van der Waals surface area (Å²) in [7, 11) is 0. The quantitative estimate of drug-likeness (QED) is 0.754. The summed E-state index contributed by atoms with van der Waals surface area (Å²) in [6.07, 6.45) is 4.58. The minimum atomic E-state index is 0.293. The molecule has 2 heterocycles. The van der Waals surface area contributed by atoms with E-state index in [1.54, 1.807) is 12.4 Å². The number of hydrogen-bond acceptors (Lipinski definition) is 6. The van der Waals surface area contributed by atoms with Crippen molar-refractivity contribution in [3.8, 4) is 5.88 Å². The van der Waals surface area contributed by atoms with Gasteiger partial charge in [0.15, 0.2) is 5.82 Å². The minimum absolute atomic E-state index is 0.293. The molecule has 112 valence electrons. The van der Waals surface area contributed by atoms with E-state index < -0.39 is 0 Å². The predicted octanol–water partition coefficient (Wildman–Crippen LogP) is 1.08. The Kier molecular flexibility index (Phi) is 6.01. The highest BCUT2D eigenvalue weighted by atomic mass is 16.5. The monoisotopic (exact) mass is 280 g/mol. The second kappa shape index (κ2) is 8.01. The van der Waals surface area contributed by atoms with Crippen LogP contribution in [0.15, 0.2) is 12.4 Å². The fourth-order valence-electron chi connectivity index (χ4n) is 2.27. The van der Waals surface area contributed by atoms with Crippen LogP contribution in [0.1, 0.15) is 20.3 Å². The molecule has 0 saturated carbocycles. The van der Waals surface area contributed by atoms with Crippen LogP contribution < -0.4 is 15.0 Å². The molecule has 2 rings (SSSR count). The van der Waals surface area contributed by atoms with Crippen molar-refractivity contribution >= 4 is 5.82 Å². The zero-order valence-electron chi connectivity index (χ0n) is 12.3. The second-order valence-electron chi connectivity index (χ2n) is 4.77. The molecule has 0 radical (unpaired) electrons. The maximum absolute atomic E-state index is 5.58. The van der Waals surface area contributed by atoms with Crippen LogP contribution in [0.25, 0.3) is 0 Å². The van der Waals surface area contributed by atoms with E-state index in [2.05, 4.69) is 27.1 Å². The van der Waals surface area contributed by atoms with E-state index in [1.807, 2.05) is 6.92 Å². The van der Waals surface area contributed by atoms with Gasteiger partial charge in [0.05, 0.1) is 38.3 Å². The molecule has 1 aliphatic heterocycles. The number of ether oxygens (including phenoxy) is 2. The summed E-state index contributed by atoms with van der Waals surface area (Å²) in [5, 5.41) is 3.44. The van der Waals surface area contributed by atoms with Crippen molar-refractivity contribution in [3.05, 3.63) is 12.4 Å². The number of aromatic nitrogens is 2. The van der Waals surface area contributed by atoms with E-state index in [0.29, 0.717) is 18.5 Å². The molecule has 1 saturated heterocycles. The maximum atomic E-state index is 5.58. The third kappa shape index (κ3) is 4.05. The Morgan fingerprint density at radius 3 is 3.15 bits per heavy atom. The standard InChI is InChI=1S/C14H24N4O2/c1-3-5-15-8-12-11-19-7-6-18(12)13-9-16-10-14(17-13)20-4-2/h9-10,12,15H,3-8,11H2,1-2H3. The van der Waals surface area contributed by atoms with Crippen molar-refractivity contribution in [2.75, 3.05) is 44.4 Å². The molecule has 1 aromatic rings. The molecule has 1 unspecified atom stereocenters. The lowest BCUT2D eigenvalue weighted by Crippen LogP contribution is -2.51.